The number of hydrogen-bond acceptors (Lipinski definition) is 5. The summed E-state index contributed by atoms with van der Waals surface area (Å²) in [6, 6.07) is 12.8. The molecular formula is C29H34ClFN4O3. The fourth-order valence-corrected chi connectivity index (χ4v) is 6.11. The zero-order chi connectivity index (χ0) is 27.0. The number of ketones is 1. The first-order chi connectivity index (χ1) is 18.2. The molecule has 7 nitrogen and oxygen atoms in total. The number of carbonyl (C=O) groups excluding carboxylic acids is 1. The van der Waals surface area contributed by atoms with E-state index in [9.17, 15) is 19.1 Å². The zero-order valence-corrected chi connectivity index (χ0v) is 22.6. The predicted molar refractivity (Wildman–Crippen MR) is 145 cm³/mol. The Kier molecular flexibility index (Phi) is 7.84. The second kappa shape index (κ2) is 11.1. The molecule has 2 aliphatic rings. The van der Waals surface area contributed by atoms with Crippen molar-refractivity contribution >= 4 is 17.4 Å². The molecule has 2 saturated heterocycles. The van der Waals surface area contributed by atoms with Crippen LogP contribution in [0.2, 0.25) is 5.02 Å². The lowest BCUT2D eigenvalue weighted by atomic mass is 9.99. The van der Waals surface area contributed by atoms with Crippen LogP contribution in [0, 0.1) is 11.7 Å². The fraction of sp³-hybridized carbons (Fsp3) is 0.483. The van der Waals surface area contributed by atoms with E-state index in [4.69, 9.17) is 11.6 Å². The van der Waals surface area contributed by atoms with Gasteiger partial charge in [0, 0.05) is 30.6 Å². The van der Waals surface area contributed by atoms with Crippen molar-refractivity contribution in [2.75, 3.05) is 6.54 Å². The number of fused-ring (bicyclic) bond motifs is 2. The monoisotopic (exact) mass is 540 g/mol. The molecule has 2 fully saturated rings. The lowest BCUT2D eigenvalue weighted by molar-refractivity contribution is -0.120. The van der Waals surface area contributed by atoms with Gasteiger partial charge in [0.15, 0.2) is 11.6 Å². The fourth-order valence-electron chi connectivity index (χ4n) is 5.92. The first-order valence-corrected chi connectivity index (χ1v) is 13.8. The molecule has 0 amide bonds. The Labute approximate surface area is 226 Å². The third-order valence-electron chi connectivity index (χ3n) is 7.71. The highest BCUT2D eigenvalue weighted by atomic mass is 35.5. The Hall–Kier alpha value is -2.81. The minimum absolute atomic E-state index is 0.0781. The molecule has 0 aliphatic carbocycles. The Morgan fingerprint density at radius 3 is 2.45 bits per heavy atom. The number of rotatable bonds is 9. The van der Waals surface area contributed by atoms with Crippen LogP contribution < -0.4 is 5.69 Å². The van der Waals surface area contributed by atoms with Gasteiger partial charge in [0.25, 0.3) is 0 Å². The Morgan fingerprint density at radius 2 is 1.82 bits per heavy atom. The van der Waals surface area contributed by atoms with Crippen molar-refractivity contribution in [3.05, 3.63) is 69.4 Å². The van der Waals surface area contributed by atoms with Crippen LogP contribution in [0.3, 0.4) is 0 Å². The minimum Gasteiger partial charge on any atom is -0.393 e. The molecule has 5 rings (SSSR count). The largest absolute Gasteiger partial charge is 0.393 e. The Balaban J connectivity index is 1.38. The molecule has 9 heteroatoms. The van der Waals surface area contributed by atoms with Gasteiger partial charge in [0.2, 0.25) is 0 Å². The maximum Gasteiger partial charge on any atom is 0.351 e. The molecule has 2 bridgehead atoms. The van der Waals surface area contributed by atoms with Crippen molar-refractivity contribution in [1.29, 1.82) is 0 Å². The van der Waals surface area contributed by atoms with Gasteiger partial charge in [-0.3, -0.25) is 14.3 Å². The standard InChI is InChI=1S/C29H34ClFN4O3/c1-18(2)13-25(37)17-34-28(20-5-10-27(31)26(30)14-20)32-35(29(34)38)21-6-3-19(4-7-21)11-12-33-22-8-9-23(33)16-24(36)15-22/h3-7,10,14,18,22-24,36H,8-9,11-13,15-17H2,1-2H3. The minimum atomic E-state index is -0.566. The zero-order valence-electron chi connectivity index (χ0n) is 21.8. The number of benzene rings is 2. The van der Waals surface area contributed by atoms with Gasteiger partial charge in [-0.05, 0) is 73.9 Å². The van der Waals surface area contributed by atoms with Gasteiger partial charge in [0.1, 0.15) is 5.82 Å². The van der Waals surface area contributed by atoms with Crippen molar-refractivity contribution in [2.45, 2.75) is 77.1 Å². The first kappa shape index (κ1) is 26.8. The van der Waals surface area contributed by atoms with Crippen LogP contribution in [0.5, 0.6) is 0 Å². The lowest BCUT2D eigenvalue weighted by Crippen LogP contribution is -2.45. The molecule has 2 aliphatic heterocycles. The molecule has 2 atom stereocenters. The number of nitrogens with zero attached hydrogens (tertiary/aromatic N) is 4. The second-order valence-electron chi connectivity index (χ2n) is 11.0. The normalized spacial score (nSPS) is 21.4. The van der Waals surface area contributed by atoms with Crippen LogP contribution in [0.25, 0.3) is 17.1 Å². The molecule has 2 aromatic carbocycles. The molecular weight excluding hydrogens is 507 g/mol. The SMILES string of the molecule is CC(C)CC(=O)Cn1c(-c2ccc(F)c(Cl)c2)nn(-c2ccc(CCN3C4CCC3CC(O)C4)cc2)c1=O. The van der Waals surface area contributed by atoms with Gasteiger partial charge in [-0.15, -0.1) is 5.10 Å². The van der Waals surface area contributed by atoms with E-state index in [1.54, 1.807) is 0 Å². The maximum atomic E-state index is 13.8. The third-order valence-corrected chi connectivity index (χ3v) is 8.00. The van der Waals surface area contributed by atoms with Gasteiger partial charge >= 0.3 is 5.69 Å². The van der Waals surface area contributed by atoms with Gasteiger partial charge in [-0.2, -0.15) is 4.68 Å². The highest BCUT2D eigenvalue weighted by molar-refractivity contribution is 6.31. The average Bonchev–Trinajstić information content (AvgIpc) is 3.31. The van der Waals surface area contributed by atoms with Crippen molar-refractivity contribution in [1.82, 2.24) is 19.2 Å². The number of piperidine rings is 1. The van der Waals surface area contributed by atoms with E-state index >= 15 is 0 Å². The quantitative estimate of drug-likeness (QED) is 0.428. The summed E-state index contributed by atoms with van der Waals surface area (Å²) in [6.07, 6.45) is 5.10. The topological polar surface area (TPSA) is 80.4 Å². The maximum absolute atomic E-state index is 13.8. The average molecular weight is 541 g/mol. The predicted octanol–water partition coefficient (Wildman–Crippen LogP) is 4.64. The van der Waals surface area contributed by atoms with Gasteiger partial charge in [-0.1, -0.05) is 37.6 Å². The van der Waals surface area contributed by atoms with Gasteiger partial charge in [0.05, 0.1) is 23.4 Å². The molecule has 0 radical (unpaired) electrons. The summed E-state index contributed by atoms with van der Waals surface area (Å²) in [5.41, 5.74) is 1.77. The van der Waals surface area contributed by atoms with Gasteiger partial charge in [-0.25, -0.2) is 9.18 Å². The summed E-state index contributed by atoms with van der Waals surface area (Å²) in [5.74, 6) is -0.217. The first-order valence-electron chi connectivity index (χ1n) is 13.4. The van der Waals surface area contributed by atoms with Crippen LogP contribution in [0.1, 0.15) is 51.5 Å². The lowest BCUT2D eigenvalue weighted by Gasteiger charge is -2.37. The summed E-state index contributed by atoms with van der Waals surface area (Å²) < 4.78 is 16.4. The van der Waals surface area contributed by atoms with Crippen LogP contribution >= 0.6 is 11.6 Å². The number of aliphatic hydroxyl groups is 1. The van der Waals surface area contributed by atoms with Crippen LogP contribution in [-0.2, 0) is 17.8 Å². The number of halogens is 2. The molecule has 202 valence electrons. The van der Waals surface area contributed by atoms with E-state index < -0.39 is 11.5 Å². The molecule has 2 unspecified atom stereocenters. The molecule has 1 aromatic heterocycles. The molecule has 38 heavy (non-hydrogen) atoms. The summed E-state index contributed by atoms with van der Waals surface area (Å²) >= 11 is 6.01. The number of hydrogen-bond donors (Lipinski definition) is 1. The van der Waals surface area contributed by atoms with Crippen LogP contribution in [-0.4, -0.2) is 54.9 Å². The van der Waals surface area contributed by atoms with Gasteiger partial charge < -0.3 is 5.11 Å². The molecule has 3 heterocycles. The van der Waals surface area contributed by atoms with Crippen molar-refractivity contribution in [3.8, 4) is 17.1 Å². The third kappa shape index (κ3) is 5.63. The molecule has 0 saturated carbocycles. The van der Waals surface area contributed by atoms with Crippen LogP contribution in [0.4, 0.5) is 4.39 Å². The second-order valence-corrected chi connectivity index (χ2v) is 11.4. The van der Waals surface area contributed by atoms with Crippen molar-refractivity contribution in [3.63, 3.8) is 0 Å². The molecule has 3 aromatic rings. The Morgan fingerprint density at radius 1 is 1.13 bits per heavy atom. The molecule has 1 N–H and O–H groups in total. The summed E-state index contributed by atoms with van der Waals surface area (Å²) in [7, 11) is 0. The smallest absolute Gasteiger partial charge is 0.351 e. The van der Waals surface area contributed by atoms with Crippen molar-refractivity contribution in [2.24, 2.45) is 5.92 Å². The van der Waals surface area contributed by atoms with E-state index in [-0.39, 0.29) is 35.2 Å². The van der Waals surface area contributed by atoms with Crippen molar-refractivity contribution < 1.29 is 14.3 Å². The van der Waals surface area contributed by atoms with E-state index in [0.29, 0.717) is 29.8 Å². The van der Waals surface area contributed by atoms with E-state index in [1.807, 2.05) is 38.1 Å². The van der Waals surface area contributed by atoms with E-state index in [2.05, 4.69) is 10.00 Å². The Bertz CT molecular complexity index is 1350. The highest BCUT2D eigenvalue weighted by Crippen LogP contribution is 2.35. The van der Waals surface area contributed by atoms with E-state index in [1.165, 1.54) is 27.4 Å². The van der Waals surface area contributed by atoms with E-state index in [0.717, 1.165) is 44.2 Å². The number of Topliss-reactive ketones (excluding diaryl/α,β-unsaturated/α-hetero) is 1. The number of aromatic nitrogens is 3. The summed E-state index contributed by atoms with van der Waals surface area (Å²) in [5, 5.41) is 14.5. The number of aliphatic hydroxyl groups excluding tert-OH is 1. The summed E-state index contributed by atoms with van der Waals surface area (Å²) in [6.45, 7) is 4.73. The summed E-state index contributed by atoms with van der Waals surface area (Å²) in [4.78, 5) is 28.6. The molecule has 0 spiro atoms. The highest BCUT2D eigenvalue weighted by Gasteiger charge is 2.39. The van der Waals surface area contributed by atoms with Crippen LogP contribution in [0.15, 0.2) is 47.3 Å². The number of carbonyl (C=O) groups is 1.